The summed E-state index contributed by atoms with van der Waals surface area (Å²) >= 11 is 1.71. The molecular formula is C26H37N2O2S+. The molecule has 5 rings (SSSR count). The second kappa shape index (κ2) is 10.6. The zero-order chi connectivity index (χ0) is 21.5. The standard InChI is InChI=1S/C26H37N2O2S/c1-2-3-15-27(20-24-12-8-19-31-24)26(29)30-25-21-28(17-13-23(25)14-18-28)16-7-11-22-9-5-4-6-10-22/h4-6,8-10,12,19,23,25H,2-3,7,11,13-18,20-21H2,1H3/q+1/t23?,25-,28?/m0/s1. The van der Waals surface area contributed by atoms with E-state index in [1.165, 1.54) is 49.3 Å². The number of ether oxygens (including phenoxy) is 1. The first-order valence-electron chi connectivity index (χ1n) is 12.0. The van der Waals surface area contributed by atoms with E-state index < -0.39 is 0 Å². The largest absolute Gasteiger partial charge is 0.440 e. The number of quaternary nitrogens is 1. The fourth-order valence-electron chi connectivity index (χ4n) is 5.31. The monoisotopic (exact) mass is 441 g/mol. The molecule has 0 spiro atoms. The predicted molar refractivity (Wildman–Crippen MR) is 127 cm³/mol. The topological polar surface area (TPSA) is 29.5 Å². The average molecular weight is 442 g/mol. The molecule has 3 fully saturated rings. The number of nitrogens with zero attached hydrogens (tertiary/aromatic N) is 2. The molecule has 0 unspecified atom stereocenters. The molecule has 4 heterocycles. The zero-order valence-electron chi connectivity index (χ0n) is 18.9. The van der Waals surface area contributed by atoms with Crippen LogP contribution in [0.15, 0.2) is 47.8 Å². The van der Waals surface area contributed by atoms with Crippen LogP contribution < -0.4 is 0 Å². The van der Waals surface area contributed by atoms with Gasteiger partial charge in [0.25, 0.3) is 0 Å². The molecule has 0 N–H and O–H groups in total. The van der Waals surface area contributed by atoms with Crippen molar-refractivity contribution in [1.82, 2.24) is 4.90 Å². The normalized spacial score (nSPS) is 24.8. The SMILES string of the molecule is CCCCN(Cc1cccs1)C(=O)O[C@H]1C[N+]2(CCCc3ccccc3)CCC1CC2. The van der Waals surface area contributed by atoms with Crippen molar-refractivity contribution in [3.63, 3.8) is 0 Å². The molecule has 0 radical (unpaired) electrons. The molecule has 31 heavy (non-hydrogen) atoms. The number of rotatable bonds is 10. The molecule has 3 aliphatic rings. The van der Waals surface area contributed by atoms with Gasteiger partial charge in [0.05, 0.1) is 26.2 Å². The van der Waals surface area contributed by atoms with Gasteiger partial charge in [-0.1, -0.05) is 49.7 Å². The average Bonchev–Trinajstić information content (AvgIpc) is 3.31. The summed E-state index contributed by atoms with van der Waals surface area (Å²) in [6.45, 7) is 8.33. The highest BCUT2D eigenvalue weighted by Gasteiger charge is 2.47. The van der Waals surface area contributed by atoms with Gasteiger partial charge in [-0.2, -0.15) is 0 Å². The molecule has 4 nitrogen and oxygen atoms in total. The molecule has 168 valence electrons. The van der Waals surface area contributed by atoms with Crippen LogP contribution >= 0.6 is 11.3 Å². The van der Waals surface area contributed by atoms with Gasteiger partial charge >= 0.3 is 6.09 Å². The van der Waals surface area contributed by atoms with E-state index in [4.69, 9.17) is 4.74 Å². The first-order chi connectivity index (χ1) is 15.2. The van der Waals surface area contributed by atoms with E-state index in [1.54, 1.807) is 11.3 Å². The van der Waals surface area contributed by atoms with Gasteiger partial charge in [-0.25, -0.2) is 4.79 Å². The Morgan fingerprint density at radius 1 is 1.13 bits per heavy atom. The number of aryl methyl sites for hydroxylation is 1. The summed E-state index contributed by atoms with van der Waals surface area (Å²) in [6.07, 6.45) is 6.82. The van der Waals surface area contributed by atoms with Crippen LogP contribution in [0.5, 0.6) is 0 Å². The number of piperidine rings is 3. The maximum Gasteiger partial charge on any atom is 0.410 e. The summed E-state index contributed by atoms with van der Waals surface area (Å²) in [4.78, 5) is 16.3. The molecule has 1 aromatic heterocycles. The molecule has 1 atom stereocenters. The number of carbonyl (C=O) groups is 1. The van der Waals surface area contributed by atoms with Crippen LogP contribution in [-0.4, -0.2) is 54.3 Å². The molecule has 2 aromatic rings. The highest BCUT2D eigenvalue weighted by Crippen LogP contribution is 2.36. The fourth-order valence-corrected chi connectivity index (χ4v) is 6.03. The van der Waals surface area contributed by atoms with Crippen molar-refractivity contribution < 1.29 is 14.0 Å². The Bertz CT molecular complexity index is 800. The van der Waals surface area contributed by atoms with E-state index in [-0.39, 0.29) is 12.2 Å². The summed E-state index contributed by atoms with van der Waals surface area (Å²) in [5.41, 5.74) is 1.43. The van der Waals surface area contributed by atoms with Gasteiger partial charge in [0.15, 0.2) is 6.10 Å². The Kier molecular flexibility index (Phi) is 7.67. The second-order valence-corrected chi connectivity index (χ2v) is 10.4. The Labute approximate surface area is 191 Å². The highest BCUT2D eigenvalue weighted by atomic mass is 32.1. The van der Waals surface area contributed by atoms with Crippen molar-refractivity contribution >= 4 is 17.4 Å². The Morgan fingerprint density at radius 3 is 2.65 bits per heavy atom. The number of hydrogen-bond acceptors (Lipinski definition) is 3. The van der Waals surface area contributed by atoms with E-state index in [1.807, 2.05) is 4.90 Å². The number of fused-ring (bicyclic) bond motifs is 3. The van der Waals surface area contributed by atoms with Crippen molar-refractivity contribution in [3.8, 4) is 0 Å². The third-order valence-electron chi connectivity index (χ3n) is 7.20. The lowest BCUT2D eigenvalue weighted by Crippen LogP contribution is -2.65. The fraction of sp³-hybridized carbons (Fsp3) is 0.577. The number of benzene rings is 1. The maximum atomic E-state index is 13.1. The molecule has 0 saturated carbocycles. The van der Waals surface area contributed by atoms with Gasteiger partial charge in [0, 0.05) is 36.6 Å². The molecule has 1 aromatic carbocycles. The molecule has 0 aliphatic carbocycles. The van der Waals surface area contributed by atoms with Crippen molar-refractivity contribution in [2.45, 2.75) is 58.1 Å². The second-order valence-electron chi connectivity index (χ2n) is 9.40. The number of amides is 1. The summed E-state index contributed by atoms with van der Waals surface area (Å²) in [5.74, 6) is 0.549. The number of hydrogen-bond donors (Lipinski definition) is 0. The molecular weight excluding hydrogens is 404 g/mol. The van der Waals surface area contributed by atoms with Gasteiger partial charge in [-0.05, 0) is 29.9 Å². The summed E-state index contributed by atoms with van der Waals surface area (Å²) in [5, 5.41) is 2.08. The maximum absolute atomic E-state index is 13.1. The first-order valence-corrected chi connectivity index (χ1v) is 12.9. The van der Waals surface area contributed by atoms with E-state index in [2.05, 4.69) is 54.8 Å². The van der Waals surface area contributed by atoms with Crippen LogP contribution in [0.2, 0.25) is 0 Å². The molecule has 3 aliphatic heterocycles. The van der Waals surface area contributed by atoms with Gasteiger partial charge in [-0.3, -0.25) is 0 Å². The Morgan fingerprint density at radius 2 is 1.94 bits per heavy atom. The predicted octanol–water partition coefficient (Wildman–Crippen LogP) is 5.73. The summed E-state index contributed by atoms with van der Waals surface area (Å²) < 4.78 is 7.34. The third-order valence-corrected chi connectivity index (χ3v) is 8.06. The van der Waals surface area contributed by atoms with E-state index >= 15 is 0 Å². The third kappa shape index (κ3) is 5.89. The Hall–Kier alpha value is -1.85. The highest BCUT2D eigenvalue weighted by molar-refractivity contribution is 7.09. The van der Waals surface area contributed by atoms with Crippen LogP contribution in [0.1, 0.15) is 49.5 Å². The number of carbonyl (C=O) groups excluding carboxylic acids is 1. The molecule has 1 amide bonds. The van der Waals surface area contributed by atoms with Crippen LogP contribution in [0.25, 0.3) is 0 Å². The molecule has 2 bridgehead atoms. The molecule has 5 heteroatoms. The Balaban J connectivity index is 1.33. The van der Waals surface area contributed by atoms with Gasteiger partial charge < -0.3 is 14.1 Å². The van der Waals surface area contributed by atoms with Crippen molar-refractivity contribution in [2.75, 3.05) is 32.7 Å². The van der Waals surface area contributed by atoms with Gasteiger partial charge in [0.1, 0.15) is 6.54 Å². The van der Waals surface area contributed by atoms with E-state index in [9.17, 15) is 4.79 Å². The van der Waals surface area contributed by atoms with Crippen molar-refractivity contribution in [1.29, 1.82) is 0 Å². The van der Waals surface area contributed by atoms with Gasteiger partial charge in [0.2, 0.25) is 0 Å². The first kappa shape index (κ1) is 22.3. The summed E-state index contributed by atoms with van der Waals surface area (Å²) in [6, 6.07) is 15.0. The minimum absolute atomic E-state index is 0.0826. The quantitative estimate of drug-likeness (QED) is 0.441. The molecule has 3 saturated heterocycles. The number of thiophene rings is 1. The van der Waals surface area contributed by atoms with Crippen molar-refractivity contribution in [3.05, 3.63) is 58.3 Å². The van der Waals surface area contributed by atoms with Crippen LogP contribution in [0, 0.1) is 5.92 Å². The van der Waals surface area contributed by atoms with Crippen LogP contribution in [0.3, 0.4) is 0 Å². The van der Waals surface area contributed by atoms with Crippen LogP contribution in [0.4, 0.5) is 4.79 Å². The van der Waals surface area contributed by atoms with Gasteiger partial charge in [-0.15, -0.1) is 11.3 Å². The van der Waals surface area contributed by atoms with Crippen LogP contribution in [-0.2, 0) is 17.7 Å². The van der Waals surface area contributed by atoms with E-state index in [0.717, 1.165) is 36.8 Å². The summed E-state index contributed by atoms with van der Waals surface area (Å²) in [7, 11) is 0. The minimum Gasteiger partial charge on any atom is -0.440 e. The smallest absolute Gasteiger partial charge is 0.410 e. The van der Waals surface area contributed by atoms with Crippen molar-refractivity contribution in [2.24, 2.45) is 5.92 Å². The lowest BCUT2D eigenvalue weighted by molar-refractivity contribution is -0.946. The zero-order valence-corrected chi connectivity index (χ0v) is 19.7. The minimum atomic E-state index is -0.108. The van der Waals surface area contributed by atoms with E-state index in [0.29, 0.717) is 12.5 Å². The lowest BCUT2D eigenvalue weighted by Gasteiger charge is -2.52. The lowest BCUT2D eigenvalue weighted by atomic mass is 9.83. The number of unbranched alkanes of at least 4 members (excludes halogenated alkanes) is 1.